The molecule has 118 valence electrons. The third-order valence-corrected chi connectivity index (χ3v) is 3.97. The first-order chi connectivity index (χ1) is 10.4. The second-order valence-electron chi connectivity index (χ2n) is 5.52. The van der Waals surface area contributed by atoms with Crippen LogP contribution in [-0.2, 0) is 6.54 Å². The van der Waals surface area contributed by atoms with E-state index in [2.05, 4.69) is 29.8 Å². The van der Waals surface area contributed by atoms with E-state index in [9.17, 15) is 4.79 Å². The Kier molecular flexibility index (Phi) is 5.29. The van der Waals surface area contributed by atoms with E-state index in [4.69, 9.17) is 4.74 Å². The van der Waals surface area contributed by atoms with Crippen LogP contribution in [0.2, 0.25) is 0 Å². The number of carbonyl (C=O) groups excluding carboxylic acids is 1. The van der Waals surface area contributed by atoms with Gasteiger partial charge in [-0.2, -0.15) is 0 Å². The van der Waals surface area contributed by atoms with Crippen LogP contribution in [0, 0.1) is 0 Å². The summed E-state index contributed by atoms with van der Waals surface area (Å²) in [4.78, 5) is 14.4. The highest BCUT2D eigenvalue weighted by Crippen LogP contribution is 2.23. The maximum Gasteiger partial charge on any atom is 0.270 e. The third-order valence-electron chi connectivity index (χ3n) is 3.54. The summed E-state index contributed by atoms with van der Waals surface area (Å²) < 4.78 is 8.24. The van der Waals surface area contributed by atoms with Crippen molar-refractivity contribution >= 4 is 21.8 Å². The normalized spacial score (nSPS) is 10.8. The Morgan fingerprint density at radius 1 is 1.36 bits per heavy atom. The zero-order chi connectivity index (χ0) is 16.3. The molecule has 1 aromatic carbocycles. The van der Waals surface area contributed by atoms with Crippen LogP contribution in [0.4, 0.5) is 0 Å². The van der Waals surface area contributed by atoms with Crippen molar-refractivity contribution in [2.75, 3.05) is 14.2 Å². The highest BCUT2D eigenvalue weighted by Gasteiger charge is 2.19. The molecule has 2 aromatic rings. The number of carbonyl (C=O) groups is 1. The first kappa shape index (κ1) is 16.6. The van der Waals surface area contributed by atoms with Crippen LogP contribution in [0.3, 0.4) is 0 Å². The van der Waals surface area contributed by atoms with E-state index < -0.39 is 0 Å². The molecular weight excluding hydrogens is 344 g/mol. The number of ether oxygens (including phenoxy) is 1. The van der Waals surface area contributed by atoms with Crippen molar-refractivity contribution in [3.63, 3.8) is 0 Å². The zero-order valence-electron chi connectivity index (χ0n) is 13.3. The number of para-hydroxylation sites is 1. The minimum atomic E-state index is -0.00898. The molecule has 0 unspecified atom stereocenters. The topological polar surface area (TPSA) is 34.5 Å². The van der Waals surface area contributed by atoms with Crippen LogP contribution >= 0.6 is 15.9 Å². The second-order valence-corrected chi connectivity index (χ2v) is 6.43. The van der Waals surface area contributed by atoms with Crippen molar-refractivity contribution < 1.29 is 9.53 Å². The summed E-state index contributed by atoms with van der Waals surface area (Å²) in [5.41, 5.74) is 1.67. The van der Waals surface area contributed by atoms with E-state index in [0.717, 1.165) is 15.8 Å². The first-order valence-electron chi connectivity index (χ1n) is 7.18. The number of hydrogen-bond acceptors (Lipinski definition) is 2. The Morgan fingerprint density at radius 3 is 2.68 bits per heavy atom. The van der Waals surface area contributed by atoms with Gasteiger partial charge < -0.3 is 14.2 Å². The number of hydrogen-bond donors (Lipinski definition) is 0. The summed E-state index contributed by atoms with van der Waals surface area (Å²) in [6.07, 6.45) is 1.94. The maximum absolute atomic E-state index is 12.7. The van der Waals surface area contributed by atoms with E-state index in [1.165, 1.54) is 0 Å². The molecule has 22 heavy (non-hydrogen) atoms. The number of nitrogens with zero attached hydrogens (tertiary/aromatic N) is 2. The Hall–Kier alpha value is -1.75. The van der Waals surface area contributed by atoms with E-state index in [-0.39, 0.29) is 11.9 Å². The van der Waals surface area contributed by atoms with Crippen molar-refractivity contribution in [2.45, 2.75) is 26.4 Å². The lowest BCUT2D eigenvalue weighted by atomic mass is 10.2. The van der Waals surface area contributed by atoms with Gasteiger partial charge in [-0.3, -0.25) is 4.79 Å². The fraction of sp³-hybridized carbons (Fsp3) is 0.353. The highest BCUT2D eigenvalue weighted by molar-refractivity contribution is 9.10. The Bertz CT molecular complexity index is 664. The molecule has 0 atom stereocenters. The van der Waals surface area contributed by atoms with Crippen LogP contribution in [0.1, 0.15) is 35.9 Å². The quantitative estimate of drug-likeness (QED) is 0.799. The summed E-state index contributed by atoms with van der Waals surface area (Å²) in [5, 5.41) is 0. The molecule has 1 aromatic heterocycles. The molecule has 5 heteroatoms. The van der Waals surface area contributed by atoms with Gasteiger partial charge in [0.05, 0.1) is 7.11 Å². The monoisotopic (exact) mass is 364 g/mol. The molecule has 0 fully saturated rings. The minimum absolute atomic E-state index is 0.00898. The lowest BCUT2D eigenvalue weighted by Crippen LogP contribution is -2.28. The van der Waals surface area contributed by atoms with Gasteiger partial charge in [-0.1, -0.05) is 18.2 Å². The predicted octanol–water partition coefficient (Wildman–Crippen LogP) is 4.11. The molecule has 0 spiro atoms. The third kappa shape index (κ3) is 3.53. The molecule has 1 amide bonds. The average Bonchev–Trinajstić information content (AvgIpc) is 2.89. The number of methoxy groups -OCH3 is 1. The zero-order valence-corrected chi connectivity index (χ0v) is 14.9. The molecule has 0 radical (unpaired) electrons. The van der Waals surface area contributed by atoms with Gasteiger partial charge >= 0.3 is 0 Å². The van der Waals surface area contributed by atoms with Crippen LogP contribution in [0.15, 0.2) is 41.0 Å². The molecular formula is C17H21BrN2O2. The summed E-state index contributed by atoms with van der Waals surface area (Å²) in [6.45, 7) is 4.62. The Morgan fingerprint density at radius 2 is 2.05 bits per heavy atom. The number of rotatable bonds is 5. The van der Waals surface area contributed by atoms with Gasteiger partial charge in [0.25, 0.3) is 5.91 Å². The molecule has 4 nitrogen and oxygen atoms in total. The number of amides is 1. The largest absolute Gasteiger partial charge is 0.496 e. The SMILES string of the molecule is COc1ccccc1CN(C)C(=O)c1cc(Br)cn1C(C)C. The molecule has 0 aliphatic heterocycles. The summed E-state index contributed by atoms with van der Waals surface area (Å²) >= 11 is 3.45. The fourth-order valence-corrected chi connectivity index (χ4v) is 2.84. The highest BCUT2D eigenvalue weighted by atomic mass is 79.9. The number of benzene rings is 1. The van der Waals surface area contributed by atoms with Crippen LogP contribution in [0.5, 0.6) is 5.75 Å². The van der Waals surface area contributed by atoms with Gasteiger partial charge in [0, 0.05) is 35.9 Å². The first-order valence-corrected chi connectivity index (χ1v) is 7.98. The van der Waals surface area contributed by atoms with Gasteiger partial charge in [0.2, 0.25) is 0 Å². The average molecular weight is 365 g/mol. The van der Waals surface area contributed by atoms with Gasteiger partial charge in [-0.15, -0.1) is 0 Å². The molecule has 0 aliphatic rings. The van der Waals surface area contributed by atoms with Crippen molar-refractivity contribution in [1.29, 1.82) is 0 Å². The second kappa shape index (κ2) is 7.01. The standard InChI is InChI=1S/C17H21BrN2O2/c1-12(2)20-11-14(18)9-15(20)17(21)19(3)10-13-7-5-6-8-16(13)22-4/h5-9,11-12H,10H2,1-4H3. The van der Waals surface area contributed by atoms with Crippen LogP contribution < -0.4 is 4.74 Å². The van der Waals surface area contributed by atoms with Gasteiger partial charge in [-0.25, -0.2) is 0 Å². The van der Waals surface area contributed by atoms with Crippen molar-refractivity contribution in [3.8, 4) is 5.75 Å². The van der Waals surface area contributed by atoms with Crippen LogP contribution in [0.25, 0.3) is 0 Å². The molecule has 0 saturated carbocycles. The van der Waals surface area contributed by atoms with E-state index in [1.807, 2.05) is 41.1 Å². The smallest absolute Gasteiger partial charge is 0.270 e. The summed E-state index contributed by atoms with van der Waals surface area (Å²) in [5.74, 6) is 0.785. The van der Waals surface area contributed by atoms with Crippen molar-refractivity contribution in [3.05, 3.63) is 52.3 Å². The molecule has 2 rings (SSSR count). The fourth-order valence-electron chi connectivity index (χ4n) is 2.40. The summed E-state index contributed by atoms with van der Waals surface area (Å²) in [6, 6.07) is 9.83. The molecule has 1 heterocycles. The van der Waals surface area contributed by atoms with Crippen LogP contribution in [-0.4, -0.2) is 29.5 Å². The minimum Gasteiger partial charge on any atom is -0.496 e. The van der Waals surface area contributed by atoms with E-state index in [1.54, 1.807) is 19.1 Å². The lowest BCUT2D eigenvalue weighted by molar-refractivity contribution is 0.0772. The van der Waals surface area contributed by atoms with E-state index >= 15 is 0 Å². The number of halogens is 1. The Labute approximate surface area is 139 Å². The van der Waals surface area contributed by atoms with Gasteiger partial charge in [0.15, 0.2) is 0 Å². The maximum atomic E-state index is 12.7. The molecule has 0 bridgehead atoms. The molecule has 0 aliphatic carbocycles. The predicted molar refractivity (Wildman–Crippen MR) is 91.3 cm³/mol. The van der Waals surface area contributed by atoms with Crippen molar-refractivity contribution in [2.24, 2.45) is 0 Å². The van der Waals surface area contributed by atoms with E-state index in [0.29, 0.717) is 12.2 Å². The van der Waals surface area contributed by atoms with Crippen molar-refractivity contribution in [1.82, 2.24) is 9.47 Å². The lowest BCUT2D eigenvalue weighted by Gasteiger charge is -2.21. The molecule has 0 N–H and O–H groups in total. The van der Waals surface area contributed by atoms with Gasteiger partial charge in [-0.05, 0) is 41.9 Å². The Balaban J connectivity index is 2.23. The summed E-state index contributed by atoms with van der Waals surface area (Å²) in [7, 11) is 3.45. The van der Waals surface area contributed by atoms with Gasteiger partial charge in [0.1, 0.15) is 11.4 Å². The molecule has 0 saturated heterocycles. The number of aromatic nitrogens is 1.